The van der Waals surface area contributed by atoms with Crippen molar-refractivity contribution in [2.24, 2.45) is 5.41 Å². The van der Waals surface area contributed by atoms with Crippen LogP contribution in [0.25, 0.3) is 42.9 Å². The van der Waals surface area contributed by atoms with Crippen molar-refractivity contribution in [1.82, 2.24) is 29.7 Å². The average Bonchev–Trinajstić information content (AvgIpc) is 3.82. The van der Waals surface area contributed by atoms with E-state index in [1.807, 2.05) is 26.8 Å². The van der Waals surface area contributed by atoms with E-state index in [9.17, 15) is 14.7 Å². The molecule has 11 heteroatoms. The highest BCUT2D eigenvalue weighted by atomic mass is 32.1. The normalized spacial score (nSPS) is 20.5. The van der Waals surface area contributed by atoms with Gasteiger partial charge in [-0.1, -0.05) is 32.9 Å². The summed E-state index contributed by atoms with van der Waals surface area (Å²) in [7, 11) is 0. The molecule has 0 aliphatic carbocycles. The molecule has 0 saturated carbocycles. The number of hydrogen-bond acceptors (Lipinski definition) is 6. The van der Waals surface area contributed by atoms with Crippen molar-refractivity contribution in [3.8, 4) is 20.9 Å². The van der Waals surface area contributed by atoms with Crippen molar-refractivity contribution in [1.29, 1.82) is 0 Å². The van der Waals surface area contributed by atoms with E-state index in [4.69, 9.17) is 14.7 Å². The molecular weight excluding hydrogens is 613 g/mol. The molecule has 3 N–H and O–H groups in total. The first kappa shape index (κ1) is 31.2. The maximum Gasteiger partial charge on any atom is 0.410 e. The Balaban J connectivity index is 1.15. The Kier molecular flexibility index (Phi) is 7.38. The third kappa shape index (κ3) is 5.44. The lowest BCUT2D eigenvalue weighted by atomic mass is 9.71. The fourth-order valence-electron chi connectivity index (χ4n) is 7.39. The lowest BCUT2D eigenvalue weighted by Crippen LogP contribution is -2.53. The van der Waals surface area contributed by atoms with Crippen LogP contribution in [0.4, 0.5) is 9.59 Å². The first-order chi connectivity index (χ1) is 22.2. The van der Waals surface area contributed by atoms with Crippen molar-refractivity contribution in [3.05, 3.63) is 60.2 Å². The van der Waals surface area contributed by atoms with Gasteiger partial charge in [0.15, 0.2) is 0 Å². The lowest BCUT2D eigenvalue weighted by Gasteiger charge is -2.45. The number of carbonyl (C=O) groups is 2. The summed E-state index contributed by atoms with van der Waals surface area (Å²) >= 11 is 1.71. The number of likely N-dealkylation sites (tertiary alicyclic amines) is 2. The minimum Gasteiger partial charge on any atom is -0.465 e. The van der Waals surface area contributed by atoms with Crippen LogP contribution in [0.15, 0.2) is 48.5 Å². The molecule has 10 nitrogen and oxygen atoms in total. The van der Waals surface area contributed by atoms with Crippen molar-refractivity contribution in [3.63, 3.8) is 0 Å². The van der Waals surface area contributed by atoms with Gasteiger partial charge in [-0.15, -0.1) is 11.3 Å². The number of H-pyrrole nitrogens is 2. The number of nitrogens with zero attached hydrogens (tertiary/aromatic N) is 4. The van der Waals surface area contributed by atoms with Gasteiger partial charge in [-0.05, 0) is 99.4 Å². The van der Waals surface area contributed by atoms with E-state index in [1.165, 1.54) is 0 Å². The number of amides is 2. The second-order valence-corrected chi connectivity index (χ2v) is 15.9. The largest absolute Gasteiger partial charge is 0.465 e. The van der Waals surface area contributed by atoms with E-state index >= 15 is 0 Å². The summed E-state index contributed by atoms with van der Waals surface area (Å²) in [6.07, 6.45) is 2.08. The van der Waals surface area contributed by atoms with Gasteiger partial charge in [0, 0.05) is 22.8 Å². The maximum absolute atomic E-state index is 12.9. The van der Waals surface area contributed by atoms with Crippen LogP contribution in [0, 0.1) is 5.41 Å². The smallest absolute Gasteiger partial charge is 0.410 e. The van der Waals surface area contributed by atoms with E-state index in [1.54, 1.807) is 21.1 Å². The number of ether oxygens (including phenoxy) is 1. The van der Waals surface area contributed by atoms with Gasteiger partial charge in [0.05, 0.1) is 28.1 Å². The van der Waals surface area contributed by atoms with Crippen molar-refractivity contribution in [2.75, 3.05) is 13.1 Å². The lowest BCUT2D eigenvalue weighted by molar-refractivity contribution is 0.0215. The monoisotopic (exact) mass is 654 g/mol. The van der Waals surface area contributed by atoms with E-state index in [-0.39, 0.29) is 17.6 Å². The molecule has 2 aromatic carbocycles. The van der Waals surface area contributed by atoms with Gasteiger partial charge in [-0.2, -0.15) is 0 Å². The fraction of sp³-hybridized carbons (Fsp3) is 0.444. The second-order valence-electron chi connectivity index (χ2n) is 14.8. The van der Waals surface area contributed by atoms with Gasteiger partial charge in [0.2, 0.25) is 0 Å². The third-order valence-electron chi connectivity index (χ3n) is 9.60. The quantitative estimate of drug-likeness (QED) is 0.178. The first-order valence-corrected chi connectivity index (χ1v) is 17.2. The summed E-state index contributed by atoms with van der Waals surface area (Å²) < 4.78 is 5.66. The molecule has 7 rings (SSSR count). The Labute approximate surface area is 278 Å². The summed E-state index contributed by atoms with van der Waals surface area (Å²) in [5.41, 5.74) is 4.05. The summed E-state index contributed by atoms with van der Waals surface area (Å²) in [5, 5.41) is 10.1. The molecule has 5 heterocycles. The summed E-state index contributed by atoms with van der Waals surface area (Å²) in [4.78, 5) is 47.6. The molecule has 2 atom stereocenters. The van der Waals surface area contributed by atoms with Crippen molar-refractivity contribution < 1.29 is 19.4 Å². The average molecular weight is 655 g/mol. The molecule has 2 fully saturated rings. The number of hydrogen-bond donors (Lipinski definition) is 3. The minimum atomic E-state index is -0.907. The van der Waals surface area contributed by atoms with Crippen LogP contribution in [-0.2, 0) is 10.3 Å². The van der Waals surface area contributed by atoms with Gasteiger partial charge in [0.1, 0.15) is 22.8 Å². The van der Waals surface area contributed by atoms with E-state index < -0.39 is 17.2 Å². The molecule has 2 aliphatic heterocycles. The predicted molar refractivity (Wildman–Crippen MR) is 185 cm³/mol. The zero-order chi connectivity index (χ0) is 33.3. The number of aromatic nitrogens is 4. The zero-order valence-electron chi connectivity index (χ0n) is 27.8. The van der Waals surface area contributed by atoms with Crippen LogP contribution in [0.5, 0.6) is 0 Å². The van der Waals surface area contributed by atoms with Crippen LogP contribution in [0.2, 0.25) is 0 Å². The van der Waals surface area contributed by atoms with E-state index in [2.05, 4.69) is 73.2 Å². The Morgan fingerprint density at radius 3 is 2.15 bits per heavy atom. The van der Waals surface area contributed by atoms with Crippen LogP contribution in [0.1, 0.15) is 84.9 Å². The van der Waals surface area contributed by atoms with Crippen LogP contribution < -0.4 is 0 Å². The number of thiophene rings is 1. The topological polar surface area (TPSA) is 127 Å². The number of benzene rings is 2. The maximum atomic E-state index is 12.9. The number of carboxylic acid groups (broad SMARTS) is 1. The Morgan fingerprint density at radius 2 is 1.53 bits per heavy atom. The molecule has 0 unspecified atom stereocenters. The van der Waals surface area contributed by atoms with Crippen molar-refractivity contribution in [2.45, 2.75) is 84.4 Å². The molecule has 5 aromatic rings. The molecule has 0 radical (unpaired) electrons. The van der Waals surface area contributed by atoms with Crippen LogP contribution >= 0.6 is 11.3 Å². The van der Waals surface area contributed by atoms with Gasteiger partial charge < -0.3 is 19.8 Å². The second kappa shape index (κ2) is 11.1. The van der Waals surface area contributed by atoms with E-state index in [0.29, 0.717) is 18.9 Å². The van der Waals surface area contributed by atoms with Gasteiger partial charge >= 0.3 is 12.2 Å². The zero-order valence-corrected chi connectivity index (χ0v) is 28.6. The predicted octanol–water partition coefficient (Wildman–Crippen LogP) is 8.92. The number of rotatable bonds is 4. The molecule has 2 saturated heterocycles. The van der Waals surface area contributed by atoms with Crippen molar-refractivity contribution >= 4 is 45.6 Å². The Bertz CT molecular complexity index is 2000. The number of fused-ring (bicyclic) bond motifs is 2. The molecule has 2 amide bonds. The highest BCUT2D eigenvalue weighted by molar-refractivity contribution is 7.18. The van der Waals surface area contributed by atoms with Gasteiger partial charge in [-0.25, -0.2) is 19.6 Å². The Hall–Kier alpha value is -4.38. The molecule has 3 aromatic heterocycles. The summed E-state index contributed by atoms with van der Waals surface area (Å²) in [6, 6.07) is 16.6. The molecule has 0 bridgehead atoms. The summed E-state index contributed by atoms with van der Waals surface area (Å²) in [6.45, 7) is 13.1. The van der Waals surface area contributed by atoms with E-state index in [0.717, 1.165) is 74.5 Å². The molecule has 2 aliphatic rings. The number of nitrogens with one attached hydrogen (secondary N) is 2. The van der Waals surface area contributed by atoms with Crippen LogP contribution in [0.3, 0.4) is 0 Å². The fourth-order valence-corrected chi connectivity index (χ4v) is 8.39. The molecular formula is C36H42N6O4S. The Morgan fingerprint density at radius 1 is 0.894 bits per heavy atom. The molecule has 47 heavy (non-hydrogen) atoms. The first-order valence-electron chi connectivity index (χ1n) is 16.3. The standard InChI is InChI=1S/C36H42N6O4S/c1-34(2,3)36(16-8-18-42(36)32(43)44)31-39-24-13-11-22(20-26(24)40-31)29-15-14-28(47-29)21-10-12-23-25(19-21)38-30(37-23)27-9-7-17-41(27)33(45)46-35(4,5)6/h10-15,19-20,27H,7-9,16-18H2,1-6H3,(H,37,38)(H,39,40)(H,43,44)/t27-,36+/m0/s1. The minimum absolute atomic E-state index is 0.134. The van der Waals surface area contributed by atoms with Gasteiger partial charge in [0.25, 0.3) is 0 Å². The van der Waals surface area contributed by atoms with Crippen LogP contribution in [-0.4, -0.2) is 65.7 Å². The SMILES string of the molecule is CC(C)(C)OC(=O)N1CCC[C@H]1c1nc2cc(-c3ccc(-c4ccc5[nH]c([C@@]6(C(C)(C)C)CCCN6C(=O)O)nc5c4)s3)ccc2[nH]1. The number of carbonyl (C=O) groups excluding carboxylic acids is 1. The molecule has 246 valence electrons. The highest BCUT2D eigenvalue weighted by Crippen LogP contribution is 2.51. The highest BCUT2D eigenvalue weighted by Gasteiger charge is 2.55. The third-order valence-corrected chi connectivity index (χ3v) is 10.8. The number of aromatic amines is 2. The van der Waals surface area contributed by atoms with Gasteiger partial charge in [-0.3, -0.25) is 9.80 Å². The summed E-state index contributed by atoms with van der Waals surface area (Å²) in [5.74, 6) is 1.50. The number of imidazole rings is 2. The molecule has 0 spiro atoms.